The number of nitrogens with zero attached hydrogens (tertiary/aromatic N) is 1. The minimum absolute atomic E-state index is 0.145. The summed E-state index contributed by atoms with van der Waals surface area (Å²) in [5.41, 5.74) is 0. The van der Waals surface area contributed by atoms with E-state index in [2.05, 4.69) is 99.0 Å². The van der Waals surface area contributed by atoms with Crippen molar-refractivity contribution < 1.29 is 45.6 Å². The van der Waals surface area contributed by atoms with E-state index in [0.717, 1.165) is 67.6 Å². The first-order valence-electron chi connectivity index (χ1n) is 19.5. The maximum absolute atomic E-state index is 11.6. The molecular formula is C37H75BrI3NO10PSi2-. The Morgan fingerprint density at radius 2 is 0.855 bits per heavy atom. The first kappa shape index (κ1) is 63.4. The zero-order chi connectivity index (χ0) is 43.5. The Hall–Kier alpha value is 1.72. The lowest BCUT2D eigenvalue weighted by atomic mass is 10.2. The van der Waals surface area contributed by atoms with Gasteiger partial charge in [0, 0.05) is 51.7 Å². The Balaban J connectivity index is -0.000000386. The molecule has 18 heteroatoms. The molecule has 0 amide bonds. The molecule has 0 atom stereocenters. The number of hydrogen-bond acceptors (Lipinski definition) is 11. The quantitative estimate of drug-likeness (QED) is 0.0185. The summed E-state index contributed by atoms with van der Waals surface area (Å²) in [7, 11) is -1.82. The fourth-order valence-electron chi connectivity index (χ4n) is 4.27. The van der Waals surface area contributed by atoms with Crippen molar-refractivity contribution in [1.29, 1.82) is 5.26 Å². The van der Waals surface area contributed by atoms with E-state index >= 15 is 0 Å². The van der Waals surface area contributed by atoms with Gasteiger partial charge in [-0.05, 0) is 109 Å². The van der Waals surface area contributed by atoms with E-state index in [9.17, 15) is 9.59 Å². The zero-order valence-corrected chi connectivity index (χ0v) is 47.0. The van der Waals surface area contributed by atoms with Crippen molar-refractivity contribution in [2.75, 3.05) is 57.0 Å². The Labute approximate surface area is 390 Å². The van der Waals surface area contributed by atoms with E-state index in [4.69, 9.17) is 41.3 Å². The van der Waals surface area contributed by atoms with Gasteiger partial charge in [-0.3, -0.25) is 9.59 Å². The number of ether oxygens (including phenoxy) is 2. The summed E-state index contributed by atoms with van der Waals surface area (Å²) in [5.74, 6) is -0.360. The first-order valence-corrected chi connectivity index (χ1v) is 28.5. The predicted octanol–water partition coefficient (Wildman–Crippen LogP) is 11.9. The SMILES string of the molecule is CC(C)(I)C#N.CCO[Si](CCCCCCOC(=O)C(C)(C)Br)(OCC)OCC.CCO[Si](CCCCCCOC(=O)C(C)(C)I)(OCC)OCC.[PH-]CI. The van der Waals surface area contributed by atoms with Crippen LogP contribution in [0.2, 0.25) is 12.1 Å². The summed E-state index contributed by atoms with van der Waals surface area (Å²) in [6.45, 7) is 27.5. The molecule has 0 unspecified atom stereocenters. The molecule has 0 aliphatic rings. The Bertz CT molecular complexity index is 873. The van der Waals surface area contributed by atoms with Crippen molar-refractivity contribution in [2.24, 2.45) is 0 Å². The number of alkyl halides is 4. The second kappa shape index (κ2) is 38.6. The fourth-order valence-corrected chi connectivity index (χ4v) is 9.91. The summed E-state index contributed by atoms with van der Waals surface area (Å²) in [6.07, 6.45) is 7.95. The minimum atomic E-state index is -2.50. The zero-order valence-electron chi connectivity index (χ0n) is 36.0. The van der Waals surface area contributed by atoms with Crippen LogP contribution >= 0.6 is 92.9 Å². The number of halogens is 4. The van der Waals surface area contributed by atoms with Gasteiger partial charge in [0.15, 0.2) is 0 Å². The third-order valence-corrected chi connectivity index (χ3v) is 14.0. The summed E-state index contributed by atoms with van der Waals surface area (Å²) < 4.78 is 45.2. The molecule has 55 heavy (non-hydrogen) atoms. The third-order valence-electron chi connectivity index (χ3n) is 6.64. The van der Waals surface area contributed by atoms with E-state index in [1.165, 1.54) is 0 Å². The van der Waals surface area contributed by atoms with Crippen LogP contribution in [0.5, 0.6) is 0 Å². The topological polar surface area (TPSA) is 132 Å². The highest BCUT2D eigenvalue weighted by molar-refractivity contribution is 14.1. The van der Waals surface area contributed by atoms with Gasteiger partial charge in [-0.1, -0.05) is 86.8 Å². The second-order valence-electron chi connectivity index (χ2n) is 13.2. The molecule has 0 aliphatic carbocycles. The lowest BCUT2D eigenvalue weighted by molar-refractivity contribution is -0.146. The van der Waals surface area contributed by atoms with Crippen LogP contribution in [0.15, 0.2) is 0 Å². The first-order chi connectivity index (χ1) is 25.6. The standard InChI is InChI=1S/C16H33BrO5Si.C16H33IO5Si.C4H6IN.CH3IP/c2*1-6-20-23(21-7-2,22-8-3)14-12-10-9-11-13-19-15(18)16(4,5)17;1-4(2,5)3-6;2-1-3/h2*6-14H2,1-5H3;1-2H3;3H,1H2/q;;;-1. The van der Waals surface area contributed by atoms with Gasteiger partial charge in [0.1, 0.15) is 11.2 Å². The van der Waals surface area contributed by atoms with E-state index in [1.54, 1.807) is 13.8 Å². The number of nitriles is 1. The number of esters is 2. The molecule has 0 radical (unpaired) electrons. The minimum Gasteiger partial charge on any atom is -0.548 e. The van der Waals surface area contributed by atoms with Crippen molar-refractivity contribution in [3.8, 4) is 6.07 Å². The lowest BCUT2D eigenvalue weighted by Crippen LogP contribution is -2.45. The van der Waals surface area contributed by atoms with Crippen LogP contribution in [-0.4, -0.2) is 97.7 Å². The predicted molar refractivity (Wildman–Crippen MR) is 262 cm³/mol. The molecule has 0 aromatic rings. The maximum atomic E-state index is 11.6. The molecule has 0 saturated carbocycles. The molecule has 0 aromatic heterocycles. The van der Waals surface area contributed by atoms with Crippen molar-refractivity contribution in [1.82, 2.24) is 0 Å². The smallest absolute Gasteiger partial charge is 0.500 e. The van der Waals surface area contributed by atoms with Crippen LogP contribution in [0.1, 0.15) is 134 Å². The van der Waals surface area contributed by atoms with Crippen molar-refractivity contribution in [3.63, 3.8) is 0 Å². The van der Waals surface area contributed by atoms with Crippen molar-refractivity contribution in [2.45, 2.75) is 158 Å². The number of rotatable bonds is 28. The number of carbonyl (C=O) groups excluding carboxylic acids is 2. The number of unbranched alkanes of at least 4 members (excludes halogenated alkanes) is 6. The van der Waals surface area contributed by atoms with Gasteiger partial charge in [0.2, 0.25) is 0 Å². The van der Waals surface area contributed by atoms with Crippen molar-refractivity contribution in [3.05, 3.63) is 0 Å². The highest BCUT2D eigenvalue weighted by Gasteiger charge is 2.40. The average molecular weight is 1240 g/mol. The molecular weight excluding hydrogens is 1170 g/mol. The number of carbonyl (C=O) groups is 2. The summed E-state index contributed by atoms with van der Waals surface area (Å²) >= 11 is 9.67. The molecule has 0 heterocycles. The van der Waals surface area contributed by atoms with Gasteiger partial charge in [0.05, 0.1) is 19.3 Å². The molecule has 0 saturated heterocycles. The molecule has 0 spiro atoms. The third kappa shape index (κ3) is 40.9. The summed E-state index contributed by atoms with van der Waals surface area (Å²) in [4.78, 5) is 23.2. The van der Waals surface area contributed by atoms with Gasteiger partial charge in [-0.2, -0.15) is 5.26 Å². The normalized spacial score (nSPS) is 11.9. The van der Waals surface area contributed by atoms with E-state index in [1.807, 2.05) is 69.2 Å². The molecule has 0 N–H and O–H groups in total. The van der Waals surface area contributed by atoms with Crippen molar-refractivity contribution >= 4 is 122 Å². The van der Waals surface area contributed by atoms with Crippen LogP contribution in [-0.2, 0) is 45.6 Å². The number of hydrogen-bond donors (Lipinski definition) is 0. The molecule has 0 bridgehead atoms. The van der Waals surface area contributed by atoms with Crippen LogP contribution in [0.25, 0.3) is 0 Å². The van der Waals surface area contributed by atoms with Gasteiger partial charge < -0.3 is 45.3 Å². The highest BCUT2D eigenvalue weighted by Crippen LogP contribution is 2.23. The van der Waals surface area contributed by atoms with Crippen LogP contribution < -0.4 is 0 Å². The summed E-state index contributed by atoms with van der Waals surface area (Å²) in [5, 5.41) is 8.15. The Kier molecular flexibility index (Phi) is 44.5. The summed E-state index contributed by atoms with van der Waals surface area (Å²) in [6, 6.07) is 3.79. The van der Waals surface area contributed by atoms with E-state index < -0.39 is 25.4 Å². The largest absolute Gasteiger partial charge is 0.548 e. The maximum Gasteiger partial charge on any atom is 0.500 e. The second-order valence-corrected chi connectivity index (χ2v) is 28.6. The molecule has 0 aliphatic heterocycles. The highest BCUT2D eigenvalue weighted by atomic mass is 127. The van der Waals surface area contributed by atoms with Crippen LogP contribution in [0.4, 0.5) is 0 Å². The van der Waals surface area contributed by atoms with Gasteiger partial charge in [-0.15, -0.1) is 26.8 Å². The Morgan fingerprint density at radius 1 is 0.600 bits per heavy atom. The van der Waals surface area contributed by atoms with E-state index in [0.29, 0.717) is 52.9 Å². The fraction of sp³-hybridized carbons (Fsp3) is 0.919. The monoisotopic (exact) mass is 1240 g/mol. The molecule has 0 fully saturated rings. The van der Waals surface area contributed by atoms with Gasteiger partial charge in [0.25, 0.3) is 0 Å². The van der Waals surface area contributed by atoms with Crippen LogP contribution in [0, 0.1) is 11.3 Å². The molecule has 0 aromatic carbocycles. The molecule has 11 nitrogen and oxygen atoms in total. The average Bonchev–Trinajstić information content (AvgIpc) is 3.07. The molecule has 0 rings (SSSR count). The molecule has 330 valence electrons. The van der Waals surface area contributed by atoms with Gasteiger partial charge in [-0.25, -0.2) is 0 Å². The Morgan fingerprint density at radius 3 is 1.07 bits per heavy atom. The van der Waals surface area contributed by atoms with Crippen LogP contribution in [0.3, 0.4) is 0 Å². The lowest BCUT2D eigenvalue weighted by Gasteiger charge is -2.28. The van der Waals surface area contributed by atoms with E-state index in [-0.39, 0.29) is 15.4 Å². The van der Waals surface area contributed by atoms with Gasteiger partial charge >= 0.3 is 29.5 Å².